The largest absolute Gasteiger partial charge is 0.325 e. The van der Waals surface area contributed by atoms with E-state index in [1.165, 1.54) is 11.3 Å². The molecule has 2 amide bonds. The van der Waals surface area contributed by atoms with Gasteiger partial charge in [0.1, 0.15) is 11.0 Å². The molecule has 4 aliphatic heterocycles. The topological polar surface area (TPSA) is 78.5 Å². The van der Waals surface area contributed by atoms with Crippen molar-refractivity contribution in [2.45, 2.75) is 43.7 Å². The molecule has 2 N–H and O–H groups in total. The smallest absolute Gasteiger partial charge is 0.251 e. The maximum Gasteiger partial charge on any atom is 0.251 e. The Morgan fingerprint density at radius 1 is 1.03 bits per heavy atom. The lowest BCUT2D eigenvalue weighted by molar-refractivity contribution is -0.137. The number of thiophene rings is 1. The third-order valence-electron chi connectivity index (χ3n) is 8.59. The van der Waals surface area contributed by atoms with Crippen LogP contribution >= 0.6 is 11.3 Å². The summed E-state index contributed by atoms with van der Waals surface area (Å²) in [6.45, 7) is 4.67. The normalized spacial score (nSPS) is 30.5. The van der Waals surface area contributed by atoms with Gasteiger partial charge < -0.3 is 10.6 Å². The first kappa shape index (κ1) is 21.0. The SMILES string of the molecule is Cc1cc(C)c2c(c1)[C@]1(C(=O)N2)N2CCC[C@H]2[C@@H](C(=O)c2cccs2)[C@]12C(=O)Nc1ccccc12. The standard InChI is InChI=1S/C28H25N3O3S/c1-15-13-16(2)23-18(14-15)28(26(34)30-23)27(17-7-3-4-8-19(17)29-25(27)33)22(20-9-5-11-31(20)28)24(32)21-10-6-12-35-21/h3-4,6-8,10,12-14,20,22H,5,9,11H2,1-2H3,(H,29,33)(H,30,34)/t20-,22-,27+,28+/m0/s1. The third kappa shape index (κ3) is 2.27. The minimum Gasteiger partial charge on any atom is -0.325 e. The molecular formula is C28H25N3O3S. The van der Waals surface area contributed by atoms with Crippen molar-refractivity contribution in [1.29, 1.82) is 0 Å². The van der Waals surface area contributed by atoms with Gasteiger partial charge in [0.15, 0.2) is 5.78 Å². The van der Waals surface area contributed by atoms with Gasteiger partial charge in [-0.15, -0.1) is 11.3 Å². The molecule has 2 aromatic carbocycles. The van der Waals surface area contributed by atoms with Crippen molar-refractivity contribution in [1.82, 2.24) is 4.90 Å². The number of aryl methyl sites for hydroxylation is 2. The predicted molar refractivity (Wildman–Crippen MR) is 135 cm³/mol. The number of nitrogens with zero attached hydrogens (tertiary/aromatic N) is 1. The van der Waals surface area contributed by atoms with Gasteiger partial charge in [-0.05, 0) is 61.9 Å². The van der Waals surface area contributed by atoms with Gasteiger partial charge >= 0.3 is 0 Å². The highest BCUT2D eigenvalue weighted by Gasteiger charge is 2.81. The number of hydrogen-bond acceptors (Lipinski definition) is 5. The number of ketones is 1. The van der Waals surface area contributed by atoms with Crippen LogP contribution in [0.1, 0.15) is 44.8 Å². The van der Waals surface area contributed by atoms with Crippen LogP contribution in [-0.4, -0.2) is 35.1 Å². The maximum absolute atomic E-state index is 14.4. The highest BCUT2D eigenvalue weighted by atomic mass is 32.1. The zero-order valence-corrected chi connectivity index (χ0v) is 20.4. The molecule has 2 saturated heterocycles. The number of nitrogens with one attached hydrogen (secondary N) is 2. The van der Waals surface area contributed by atoms with Crippen molar-refractivity contribution in [3.8, 4) is 0 Å². The number of anilines is 2. The molecule has 0 radical (unpaired) electrons. The van der Waals surface area contributed by atoms with Gasteiger partial charge in [0.2, 0.25) is 5.91 Å². The maximum atomic E-state index is 14.4. The number of benzene rings is 2. The third-order valence-corrected chi connectivity index (χ3v) is 9.48. The Hall–Kier alpha value is -3.29. The molecule has 176 valence electrons. The predicted octanol–water partition coefficient (Wildman–Crippen LogP) is 4.38. The van der Waals surface area contributed by atoms with Crippen LogP contribution in [0.2, 0.25) is 0 Å². The summed E-state index contributed by atoms with van der Waals surface area (Å²) in [5.74, 6) is -1.19. The van der Waals surface area contributed by atoms with Gasteiger partial charge in [-0.3, -0.25) is 19.3 Å². The van der Waals surface area contributed by atoms with Gasteiger partial charge in [-0.25, -0.2) is 0 Å². The Morgan fingerprint density at radius 2 is 1.86 bits per heavy atom. The summed E-state index contributed by atoms with van der Waals surface area (Å²) >= 11 is 1.40. The minimum absolute atomic E-state index is 0.0498. The molecule has 3 aromatic rings. The Morgan fingerprint density at radius 3 is 2.66 bits per heavy atom. The summed E-state index contributed by atoms with van der Waals surface area (Å²) in [4.78, 5) is 45.9. The molecule has 2 spiro atoms. The lowest BCUT2D eigenvalue weighted by Crippen LogP contribution is -2.62. The lowest BCUT2D eigenvalue weighted by atomic mass is 9.57. The van der Waals surface area contributed by atoms with Crippen molar-refractivity contribution < 1.29 is 14.4 Å². The summed E-state index contributed by atoms with van der Waals surface area (Å²) in [7, 11) is 0. The second-order valence-electron chi connectivity index (χ2n) is 10.2. The Labute approximate surface area is 207 Å². The molecule has 0 bridgehead atoms. The number of fused-ring (bicyclic) bond motifs is 7. The van der Waals surface area contributed by atoms with E-state index in [-0.39, 0.29) is 23.6 Å². The number of para-hydroxylation sites is 1. The molecule has 6 nitrogen and oxygen atoms in total. The van der Waals surface area contributed by atoms with E-state index in [4.69, 9.17) is 0 Å². The molecule has 5 heterocycles. The molecule has 35 heavy (non-hydrogen) atoms. The van der Waals surface area contributed by atoms with Gasteiger partial charge in [-0.1, -0.05) is 42.0 Å². The quantitative estimate of drug-likeness (QED) is 0.531. The fourth-order valence-corrected chi connectivity index (χ4v) is 8.31. The molecule has 0 unspecified atom stereocenters. The fourth-order valence-electron chi connectivity index (χ4n) is 7.61. The molecule has 2 fully saturated rings. The number of amides is 2. The Bertz CT molecular complexity index is 1450. The van der Waals surface area contributed by atoms with Crippen LogP contribution < -0.4 is 10.6 Å². The van der Waals surface area contributed by atoms with E-state index in [0.717, 1.165) is 40.8 Å². The summed E-state index contributed by atoms with van der Waals surface area (Å²) < 4.78 is 0. The van der Waals surface area contributed by atoms with Crippen LogP contribution in [0.15, 0.2) is 53.9 Å². The average molecular weight is 484 g/mol. The summed E-state index contributed by atoms with van der Waals surface area (Å²) in [5, 5.41) is 8.15. The molecular weight excluding hydrogens is 458 g/mol. The number of Topliss-reactive ketones (excluding diaryl/α,β-unsaturated/α-hetero) is 1. The molecule has 1 aromatic heterocycles. The van der Waals surface area contributed by atoms with Gasteiger partial charge in [-0.2, -0.15) is 0 Å². The van der Waals surface area contributed by atoms with Crippen LogP contribution in [0.25, 0.3) is 0 Å². The monoisotopic (exact) mass is 483 g/mol. The van der Waals surface area contributed by atoms with Gasteiger partial charge in [0, 0.05) is 23.0 Å². The minimum atomic E-state index is -1.37. The number of carbonyl (C=O) groups excluding carboxylic acids is 3. The number of carbonyl (C=O) groups is 3. The Kier molecular flexibility index (Phi) is 4.14. The molecule has 7 rings (SSSR count). The van der Waals surface area contributed by atoms with E-state index in [0.29, 0.717) is 17.1 Å². The van der Waals surface area contributed by atoms with Crippen LogP contribution in [0.4, 0.5) is 11.4 Å². The van der Waals surface area contributed by atoms with Crippen molar-refractivity contribution in [3.05, 3.63) is 81.0 Å². The van der Waals surface area contributed by atoms with E-state index in [1.807, 2.05) is 61.7 Å². The van der Waals surface area contributed by atoms with Crippen LogP contribution in [0, 0.1) is 19.8 Å². The van der Waals surface area contributed by atoms with Crippen molar-refractivity contribution in [2.24, 2.45) is 5.92 Å². The van der Waals surface area contributed by atoms with Crippen LogP contribution in [-0.2, 0) is 20.5 Å². The van der Waals surface area contributed by atoms with E-state index >= 15 is 0 Å². The molecule has 0 aliphatic carbocycles. The zero-order chi connectivity index (χ0) is 24.1. The first-order valence-corrected chi connectivity index (χ1v) is 13.0. The first-order chi connectivity index (χ1) is 16.9. The molecule has 0 saturated carbocycles. The summed E-state index contributed by atoms with van der Waals surface area (Å²) in [6.07, 6.45) is 1.65. The zero-order valence-electron chi connectivity index (χ0n) is 19.6. The van der Waals surface area contributed by atoms with E-state index in [1.54, 1.807) is 0 Å². The van der Waals surface area contributed by atoms with Crippen LogP contribution in [0.5, 0.6) is 0 Å². The molecule has 4 aliphatic rings. The summed E-state index contributed by atoms with van der Waals surface area (Å²) in [5.41, 5.74) is 2.36. The Balaban J connectivity index is 1.63. The molecule has 7 heteroatoms. The van der Waals surface area contributed by atoms with E-state index < -0.39 is 16.9 Å². The fraction of sp³-hybridized carbons (Fsp3) is 0.321. The lowest BCUT2D eigenvalue weighted by Gasteiger charge is -2.43. The van der Waals surface area contributed by atoms with E-state index in [2.05, 4.69) is 21.6 Å². The van der Waals surface area contributed by atoms with Crippen molar-refractivity contribution in [3.63, 3.8) is 0 Å². The molecule has 4 atom stereocenters. The van der Waals surface area contributed by atoms with E-state index in [9.17, 15) is 14.4 Å². The first-order valence-electron chi connectivity index (χ1n) is 12.1. The summed E-state index contributed by atoms with van der Waals surface area (Å²) in [6, 6.07) is 15.2. The second-order valence-corrected chi connectivity index (χ2v) is 11.1. The van der Waals surface area contributed by atoms with Crippen molar-refractivity contribution >= 4 is 40.3 Å². The van der Waals surface area contributed by atoms with Gasteiger partial charge in [0.25, 0.3) is 5.91 Å². The highest BCUT2D eigenvalue weighted by Crippen LogP contribution is 2.68. The van der Waals surface area contributed by atoms with Crippen molar-refractivity contribution in [2.75, 3.05) is 17.2 Å². The number of hydrogen-bond donors (Lipinski definition) is 2. The number of rotatable bonds is 2. The van der Waals surface area contributed by atoms with Gasteiger partial charge in [0.05, 0.1) is 10.8 Å². The van der Waals surface area contributed by atoms with Crippen LogP contribution in [0.3, 0.4) is 0 Å². The highest BCUT2D eigenvalue weighted by molar-refractivity contribution is 7.12. The average Bonchev–Trinajstić information content (AvgIpc) is 3.62. The second kappa shape index (κ2) is 6.89.